The number of carbonyl (C=O) groups excluding carboxylic acids is 3. The number of allylic oxidation sites excluding steroid dienone is 1. The molecule has 0 radical (unpaired) electrons. The van der Waals surface area contributed by atoms with Crippen molar-refractivity contribution in [2.75, 3.05) is 27.8 Å². The van der Waals surface area contributed by atoms with E-state index in [0.717, 1.165) is 39.8 Å². The van der Waals surface area contributed by atoms with Crippen molar-refractivity contribution in [3.63, 3.8) is 0 Å². The number of esters is 2. The molecule has 0 aromatic heterocycles. The van der Waals surface area contributed by atoms with Crippen molar-refractivity contribution in [2.45, 2.75) is 33.4 Å². The Labute approximate surface area is 242 Å². The lowest BCUT2D eigenvalue weighted by Gasteiger charge is -2.07. The van der Waals surface area contributed by atoms with Crippen molar-refractivity contribution < 1.29 is 42.8 Å². The first-order chi connectivity index (χ1) is 20.2. The number of benzene rings is 2. The van der Waals surface area contributed by atoms with E-state index in [0.29, 0.717) is 19.9 Å². The molecular weight excluding hydrogens is 554 g/mol. The second-order valence-corrected chi connectivity index (χ2v) is 8.04. The van der Waals surface area contributed by atoms with E-state index in [9.17, 15) is 14.4 Å². The Kier molecular flexibility index (Phi) is 16.4. The fraction of sp³-hybridized carbons (Fsp3) is 0.346. The van der Waals surface area contributed by atoms with Crippen LogP contribution >= 0.6 is 0 Å². The zero-order valence-corrected chi connectivity index (χ0v) is 23.7. The molecule has 16 nitrogen and oxygen atoms in total. The minimum Gasteiger partial charge on any atom is -0.469 e. The van der Waals surface area contributed by atoms with Gasteiger partial charge in [0.15, 0.2) is 23.0 Å². The van der Waals surface area contributed by atoms with E-state index in [4.69, 9.17) is 30.2 Å². The summed E-state index contributed by atoms with van der Waals surface area (Å²) in [6.07, 6.45) is 1.30. The number of ether oxygens (including phenoxy) is 6. The van der Waals surface area contributed by atoms with Crippen LogP contribution in [0.1, 0.15) is 31.4 Å². The first kappa shape index (κ1) is 34.8. The summed E-state index contributed by atoms with van der Waals surface area (Å²) in [5.41, 5.74) is 14.2. The Bertz CT molecular complexity index is 1250. The molecule has 16 heteroatoms. The maximum atomic E-state index is 11.0. The van der Waals surface area contributed by atoms with Crippen LogP contribution in [-0.4, -0.2) is 45.5 Å². The minimum absolute atomic E-state index is 0.115. The molecule has 0 bridgehead atoms. The van der Waals surface area contributed by atoms with Gasteiger partial charge in [0, 0.05) is 24.9 Å². The van der Waals surface area contributed by atoms with Gasteiger partial charge in [0.25, 0.3) is 0 Å². The third-order valence-electron chi connectivity index (χ3n) is 4.93. The molecule has 6 N–H and O–H groups in total. The molecule has 2 aliphatic heterocycles. The standard InChI is InChI=1S/C13H15NO4.C8H9NO2.C5H8O3.H3N5/c1-9(5-13(15)16-2)14-7-10-3-4-11-12(6-10)18-8-17-11;9-4-6-1-2-7-8(3-6)11-5-10-7;1-4(6)3-5(7)8-2;1-3-5-4-2/h3-6,14H,7-8H2,1-2H3;1-3H,4-5,9H2;3H2,1-2H3;(H3,1,2,5)/b9-5-;;;. The van der Waals surface area contributed by atoms with Crippen LogP contribution in [0.25, 0.3) is 0 Å². The normalized spacial score (nSPS) is 11.9. The average Bonchev–Trinajstić information content (AvgIpc) is 3.66. The zero-order valence-electron chi connectivity index (χ0n) is 23.7. The van der Waals surface area contributed by atoms with Crippen LogP contribution in [0, 0.1) is 5.53 Å². The van der Waals surface area contributed by atoms with Gasteiger partial charge >= 0.3 is 11.9 Å². The summed E-state index contributed by atoms with van der Waals surface area (Å²) in [6.45, 7) is 4.89. The predicted octanol–water partition coefficient (Wildman–Crippen LogP) is 2.85. The number of methoxy groups -OCH3 is 2. The Hall–Kier alpha value is -5.25. The van der Waals surface area contributed by atoms with Crippen molar-refractivity contribution >= 4 is 17.7 Å². The number of hydrogen-bond acceptors (Lipinski definition) is 13. The van der Waals surface area contributed by atoms with Gasteiger partial charge in [-0.25, -0.2) is 4.79 Å². The predicted molar refractivity (Wildman–Crippen MR) is 147 cm³/mol. The SMILES string of the molecule is COC(=O)/C=C(/C)NCc1ccc2c(c1)OCO2.COC(=O)CC(C)=O.N=N/N=N/N.NCc1ccc2c(c1)OCO2. The van der Waals surface area contributed by atoms with E-state index < -0.39 is 5.97 Å². The van der Waals surface area contributed by atoms with Crippen molar-refractivity contribution in [1.29, 1.82) is 5.53 Å². The van der Waals surface area contributed by atoms with E-state index in [2.05, 4.69) is 36.3 Å². The van der Waals surface area contributed by atoms with Gasteiger partial charge in [-0.1, -0.05) is 17.4 Å². The lowest BCUT2D eigenvalue weighted by Crippen LogP contribution is -2.12. The molecule has 4 rings (SSSR count). The molecule has 0 saturated carbocycles. The molecule has 2 heterocycles. The van der Waals surface area contributed by atoms with Gasteiger partial charge < -0.3 is 45.3 Å². The minimum atomic E-state index is -0.475. The number of nitrogens with zero attached hydrogens (tertiary/aromatic N) is 3. The largest absolute Gasteiger partial charge is 0.469 e. The summed E-state index contributed by atoms with van der Waals surface area (Å²) in [5.74, 6) is 6.49. The number of carbonyl (C=O) groups is 3. The third-order valence-corrected chi connectivity index (χ3v) is 4.93. The van der Waals surface area contributed by atoms with Gasteiger partial charge in [-0.2, -0.15) is 5.53 Å². The number of Topliss-reactive ketones (excluding diaryl/α,β-unsaturated/α-hetero) is 1. The molecule has 2 aromatic carbocycles. The second-order valence-electron chi connectivity index (χ2n) is 8.04. The van der Waals surface area contributed by atoms with Crippen molar-refractivity contribution in [2.24, 2.45) is 27.2 Å². The van der Waals surface area contributed by atoms with Gasteiger partial charge in [0.2, 0.25) is 13.6 Å². The van der Waals surface area contributed by atoms with Gasteiger partial charge in [0.05, 0.1) is 14.2 Å². The molecule has 0 unspecified atom stereocenters. The Morgan fingerprint density at radius 1 is 0.929 bits per heavy atom. The fourth-order valence-electron chi connectivity index (χ4n) is 2.95. The van der Waals surface area contributed by atoms with Crippen LogP contribution in [0.3, 0.4) is 0 Å². The number of ketones is 1. The molecule has 0 spiro atoms. The topological polar surface area (TPSA) is 232 Å². The Morgan fingerprint density at radius 3 is 1.90 bits per heavy atom. The number of nitrogens with two attached hydrogens (primary N) is 2. The number of nitrogens with one attached hydrogen (secondary N) is 2. The highest BCUT2D eigenvalue weighted by Gasteiger charge is 2.13. The van der Waals surface area contributed by atoms with Gasteiger partial charge in [-0.05, 0) is 59.7 Å². The van der Waals surface area contributed by atoms with E-state index in [1.165, 1.54) is 27.2 Å². The zero-order chi connectivity index (χ0) is 31.3. The lowest BCUT2D eigenvalue weighted by atomic mass is 10.2. The summed E-state index contributed by atoms with van der Waals surface area (Å²) in [4.78, 5) is 31.3. The molecular formula is C26H35N7O9. The quantitative estimate of drug-likeness (QED) is 0.0869. The maximum Gasteiger partial charge on any atom is 0.332 e. The highest BCUT2D eigenvalue weighted by molar-refractivity contribution is 5.94. The molecule has 2 aliphatic rings. The van der Waals surface area contributed by atoms with E-state index >= 15 is 0 Å². The number of rotatable bonds is 8. The number of hydrogen-bond donors (Lipinski definition) is 4. The van der Waals surface area contributed by atoms with Crippen molar-refractivity contribution in [3.05, 3.63) is 59.3 Å². The summed E-state index contributed by atoms with van der Waals surface area (Å²) >= 11 is 0. The molecule has 228 valence electrons. The van der Waals surface area contributed by atoms with Crippen LogP contribution < -0.4 is 35.8 Å². The van der Waals surface area contributed by atoms with Gasteiger partial charge in [-0.15, -0.1) is 0 Å². The summed E-state index contributed by atoms with van der Waals surface area (Å²) in [5, 5.41) is 10.8. The van der Waals surface area contributed by atoms with Crippen LogP contribution in [0.2, 0.25) is 0 Å². The van der Waals surface area contributed by atoms with Crippen molar-refractivity contribution in [1.82, 2.24) is 5.32 Å². The van der Waals surface area contributed by atoms with Crippen LogP contribution in [0.15, 0.2) is 63.8 Å². The first-order valence-electron chi connectivity index (χ1n) is 12.2. The molecule has 0 atom stereocenters. The van der Waals surface area contributed by atoms with E-state index in [-0.39, 0.29) is 25.0 Å². The molecule has 0 amide bonds. The average molecular weight is 590 g/mol. The number of fused-ring (bicyclic) bond motifs is 2. The first-order valence-corrected chi connectivity index (χ1v) is 12.2. The molecule has 0 fully saturated rings. The summed E-state index contributed by atoms with van der Waals surface area (Å²) < 4.78 is 29.6. The molecule has 2 aromatic rings. The fourth-order valence-corrected chi connectivity index (χ4v) is 2.95. The van der Waals surface area contributed by atoms with E-state index in [1.807, 2.05) is 43.3 Å². The molecule has 0 aliphatic carbocycles. The second kappa shape index (κ2) is 19.8. The van der Waals surface area contributed by atoms with Crippen LogP contribution in [0.5, 0.6) is 23.0 Å². The van der Waals surface area contributed by atoms with Crippen LogP contribution in [0.4, 0.5) is 0 Å². The third kappa shape index (κ3) is 13.7. The van der Waals surface area contributed by atoms with Gasteiger partial charge in [0.1, 0.15) is 12.2 Å². The van der Waals surface area contributed by atoms with E-state index in [1.54, 1.807) is 0 Å². The highest BCUT2D eigenvalue weighted by Crippen LogP contribution is 2.33. The van der Waals surface area contributed by atoms with Crippen LogP contribution in [-0.2, 0) is 36.9 Å². The van der Waals surface area contributed by atoms with Crippen molar-refractivity contribution in [3.8, 4) is 23.0 Å². The summed E-state index contributed by atoms with van der Waals surface area (Å²) in [7, 11) is 2.61. The summed E-state index contributed by atoms with van der Waals surface area (Å²) in [6, 6.07) is 11.5. The molecule has 0 saturated heterocycles. The smallest absolute Gasteiger partial charge is 0.332 e. The Balaban J connectivity index is 0.000000313. The van der Waals surface area contributed by atoms with Gasteiger partial charge in [-0.3, -0.25) is 9.59 Å². The molecule has 42 heavy (non-hydrogen) atoms. The highest BCUT2D eigenvalue weighted by atomic mass is 16.7. The monoisotopic (exact) mass is 589 g/mol. The maximum absolute atomic E-state index is 11.0. The Morgan fingerprint density at radius 2 is 1.48 bits per heavy atom. The lowest BCUT2D eigenvalue weighted by molar-refractivity contribution is -0.143.